The Bertz CT molecular complexity index is 871. The Labute approximate surface area is 174 Å². The fraction of sp³-hybridized carbons (Fsp3) is 0.273. The first-order chi connectivity index (χ1) is 13.6. The lowest BCUT2D eigenvalue weighted by atomic mass is 10.0. The van der Waals surface area contributed by atoms with Crippen molar-refractivity contribution >= 4 is 22.9 Å². The van der Waals surface area contributed by atoms with E-state index in [4.69, 9.17) is 21.1 Å². The van der Waals surface area contributed by atoms with Crippen molar-refractivity contribution < 1.29 is 14.6 Å². The van der Waals surface area contributed by atoms with Gasteiger partial charge in [0.15, 0.2) is 11.5 Å². The average molecular weight is 418 g/mol. The zero-order valence-electron chi connectivity index (χ0n) is 15.9. The fourth-order valence-corrected chi connectivity index (χ4v) is 3.79. The molecule has 0 bridgehead atoms. The number of halogens is 1. The van der Waals surface area contributed by atoms with Crippen molar-refractivity contribution in [2.45, 2.75) is 32.2 Å². The second-order valence-electron chi connectivity index (χ2n) is 6.50. The SMILES string of the molecule is COc1cc(CN[C@@H](C)[C@H](O)c2ccccc2)cc(Cl)c1OCc1cccs1. The molecule has 1 aromatic heterocycles. The molecule has 6 heteroatoms. The second kappa shape index (κ2) is 9.94. The predicted octanol–water partition coefficient (Wildman–Crippen LogP) is 5.20. The number of hydrogen-bond acceptors (Lipinski definition) is 5. The first-order valence-corrected chi connectivity index (χ1v) is 10.3. The van der Waals surface area contributed by atoms with Gasteiger partial charge in [0.05, 0.1) is 18.2 Å². The van der Waals surface area contributed by atoms with Gasteiger partial charge in [0.25, 0.3) is 0 Å². The van der Waals surface area contributed by atoms with Crippen molar-refractivity contribution in [3.63, 3.8) is 0 Å². The van der Waals surface area contributed by atoms with Gasteiger partial charge >= 0.3 is 0 Å². The van der Waals surface area contributed by atoms with Crippen molar-refractivity contribution in [1.82, 2.24) is 5.32 Å². The molecule has 0 fully saturated rings. The molecule has 2 N–H and O–H groups in total. The molecule has 4 nitrogen and oxygen atoms in total. The molecule has 1 heterocycles. The molecule has 0 amide bonds. The van der Waals surface area contributed by atoms with Gasteiger partial charge in [-0.2, -0.15) is 0 Å². The summed E-state index contributed by atoms with van der Waals surface area (Å²) in [5.41, 5.74) is 1.84. The smallest absolute Gasteiger partial charge is 0.180 e. The third-order valence-corrected chi connectivity index (χ3v) is 5.60. The Morgan fingerprint density at radius 2 is 1.93 bits per heavy atom. The summed E-state index contributed by atoms with van der Waals surface area (Å²) in [4.78, 5) is 1.12. The summed E-state index contributed by atoms with van der Waals surface area (Å²) in [5.74, 6) is 1.14. The number of aliphatic hydroxyl groups excluding tert-OH is 1. The van der Waals surface area contributed by atoms with E-state index in [9.17, 15) is 5.11 Å². The van der Waals surface area contributed by atoms with Crippen LogP contribution in [0.1, 0.15) is 29.0 Å². The number of aliphatic hydroxyl groups is 1. The zero-order valence-corrected chi connectivity index (χ0v) is 17.5. The van der Waals surface area contributed by atoms with Crippen LogP contribution < -0.4 is 14.8 Å². The van der Waals surface area contributed by atoms with Crippen LogP contribution in [0.15, 0.2) is 60.0 Å². The molecular formula is C22H24ClNO3S. The number of thiophene rings is 1. The lowest BCUT2D eigenvalue weighted by Gasteiger charge is -2.21. The maximum absolute atomic E-state index is 10.5. The molecule has 0 unspecified atom stereocenters. The number of nitrogens with one attached hydrogen (secondary N) is 1. The summed E-state index contributed by atoms with van der Waals surface area (Å²) in [6.45, 7) is 2.95. The van der Waals surface area contributed by atoms with Crippen LogP contribution in [0.4, 0.5) is 0 Å². The highest BCUT2D eigenvalue weighted by Gasteiger charge is 2.17. The molecule has 3 rings (SSSR count). The molecule has 28 heavy (non-hydrogen) atoms. The highest BCUT2D eigenvalue weighted by atomic mass is 35.5. The quantitative estimate of drug-likeness (QED) is 0.502. The van der Waals surface area contributed by atoms with Crippen LogP contribution in [0.2, 0.25) is 5.02 Å². The summed E-state index contributed by atoms with van der Waals surface area (Å²) in [5, 5.41) is 16.4. The van der Waals surface area contributed by atoms with Gasteiger partial charge in [0, 0.05) is 17.5 Å². The van der Waals surface area contributed by atoms with E-state index in [0.717, 1.165) is 16.0 Å². The van der Waals surface area contributed by atoms with Crippen molar-refractivity contribution in [2.24, 2.45) is 0 Å². The largest absolute Gasteiger partial charge is 0.493 e. The standard InChI is InChI=1S/C22H24ClNO3S/c1-15(21(25)17-7-4-3-5-8-17)24-13-16-11-19(23)22(20(12-16)26-2)27-14-18-9-6-10-28-18/h3-12,15,21,24-25H,13-14H2,1-2H3/t15-,21-/m0/s1. The summed E-state index contributed by atoms with van der Waals surface area (Å²) in [6, 6.07) is 17.3. The predicted molar refractivity (Wildman–Crippen MR) is 114 cm³/mol. The molecule has 3 aromatic rings. The lowest BCUT2D eigenvalue weighted by Crippen LogP contribution is -2.31. The number of hydrogen-bond donors (Lipinski definition) is 2. The molecule has 2 atom stereocenters. The summed E-state index contributed by atoms with van der Waals surface area (Å²) in [7, 11) is 1.60. The lowest BCUT2D eigenvalue weighted by molar-refractivity contribution is 0.135. The minimum Gasteiger partial charge on any atom is -0.493 e. The molecule has 0 aliphatic rings. The van der Waals surface area contributed by atoms with Crippen molar-refractivity contribution in [3.05, 3.63) is 81.0 Å². The van der Waals surface area contributed by atoms with Gasteiger partial charge in [-0.05, 0) is 41.6 Å². The Kier molecular flexibility index (Phi) is 7.34. The highest BCUT2D eigenvalue weighted by Crippen LogP contribution is 2.37. The van der Waals surface area contributed by atoms with Gasteiger partial charge in [0.1, 0.15) is 6.61 Å². The molecule has 148 valence electrons. The molecule has 0 radical (unpaired) electrons. The van der Waals surface area contributed by atoms with Gasteiger partial charge in [-0.25, -0.2) is 0 Å². The average Bonchev–Trinajstić information content (AvgIpc) is 3.24. The van der Waals surface area contributed by atoms with E-state index in [-0.39, 0.29) is 6.04 Å². The monoisotopic (exact) mass is 417 g/mol. The van der Waals surface area contributed by atoms with E-state index in [0.29, 0.717) is 29.7 Å². The van der Waals surface area contributed by atoms with Crippen molar-refractivity contribution in [1.29, 1.82) is 0 Å². The Balaban J connectivity index is 1.64. The van der Waals surface area contributed by atoms with Crippen LogP contribution in [0, 0.1) is 0 Å². The molecule has 0 saturated carbocycles. The molecule has 0 saturated heterocycles. The summed E-state index contributed by atoms with van der Waals surface area (Å²) < 4.78 is 11.4. The second-order valence-corrected chi connectivity index (χ2v) is 7.94. The fourth-order valence-electron chi connectivity index (χ4n) is 2.88. The first kappa shape index (κ1) is 20.7. The van der Waals surface area contributed by atoms with E-state index in [1.54, 1.807) is 18.4 Å². The van der Waals surface area contributed by atoms with E-state index >= 15 is 0 Å². The van der Waals surface area contributed by atoms with Crippen LogP contribution >= 0.6 is 22.9 Å². The van der Waals surface area contributed by atoms with Crippen molar-refractivity contribution in [3.8, 4) is 11.5 Å². The third-order valence-electron chi connectivity index (χ3n) is 4.47. The minimum atomic E-state index is -0.591. The first-order valence-electron chi connectivity index (χ1n) is 9.06. The van der Waals surface area contributed by atoms with Gasteiger partial charge < -0.3 is 19.9 Å². The van der Waals surface area contributed by atoms with Gasteiger partial charge in [0.2, 0.25) is 0 Å². The van der Waals surface area contributed by atoms with E-state index in [2.05, 4.69) is 5.32 Å². The third kappa shape index (κ3) is 5.26. The maximum Gasteiger partial charge on any atom is 0.180 e. The minimum absolute atomic E-state index is 0.123. The van der Waals surface area contributed by atoms with Crippen LogP contribution in [-0.2, 0) is 13.2 Å². The highest BCUT2D eigenvalue weighted by molar-refractivity contribution is 7.09. The zero-order chi connectivity index (χ0) is 19.9. The topological polar surface area (TPSA) is 50.7 Å². The van der Waals surface area contributed by atoms with Crippen LogP contribution in [0.3, 0.4) is 0 Å². The molecule has 0 aliphatic heterocycles. The number of ether oxygens (including phenoxy) is 2. The van der Waals surface area contributed by atoms with E-state index < -0.39 is 6.10 Å². The van der Waals surface area contributed by atoms with Gasteiger partial charge in [-0.3, -0.25) is 0 Å². The van der Waals surface area contributed by atoms with E-state index in [1.165, 1.54) is 0 Å². The van der Waals surface area contributed by atoms with Gasteiger partial charge in [-0.15, -0.1) is 11.3 Å². The van der Waals surface area contributed by atoms with Crippen LogP contribution in [0.5, 0.6) is 11.5 Å². The van der Waals surface area contributed by atoms with Crippen LogP contribution in [0.25, 0.3) is 0 Å². The van der Waals surface area contributed by atoms with Crippen LogP contribution in [-0.4, -0.2) is 18.3 Å². The Morgan fingerprint density at radius 3 is 2.61 bits per heavy atom. The Hall–Kier alpha value is -2.05. The molecule has 0 aliphatic carbocycles. The summed E-state index contributed by atoms with van der Waals surface area (Å²) >= 11 is 8.08. The molecule has 0 spiro atoms. The normalized spacial score (nSPS) is 13.1. The van der Waals surface area contributed by atoms with Gasteiger partial charge in [-0.1, -0.05) is 48.0 Å². The number of methoxy groups -OCH3 is 1. The van der Waals surface area contributed by atoms with E-state index in [1.807, 2.05) is 66.9 Å². The number of rotatable bonds is 9. The van der Waals surface area contributed by atoms with Crippen molar-refractivity contribution in [2.75, 3.05) is 7.11 Å². The summed E-state index contributed by atoms with van der Waals surface area (Å²) in [6.07, 6.45) is -0.591. The molecule has 2 aromatic carbocycles. The maximum atomic E-state index is 10.5. The number of benzene rings is 2. The Morgan fingerprint density at radius 1 is 1.14 bits per heavy atom. The molecular weight excluding hydrogens is 394 g/mol.